The first-order valence-electron chi connectivity index (χ1n) is 8.53. The first kappa shape index (κ1) is 24.8. The fourth-order valence-electron chi connectivity index (χ4n) is 2.37. The molecule has 0 heterocycles. The Bertz CT molecular complexity index is 496. The number of nitriles is 2. The van der Waals surface area contributed by atoms with Gasteiger partial charge >= 0.3 is 0 Å². The third-order valence-corrected chi connectivity index (χ3v) is 8.82. The van der Waals surface area contributed by atoms with E-state index in [1.165, 1.54) is 0 Å². The fraction of sp³-hybridized carbons (Fsp3) is 0.722. The average molecular weight is 417 g/mol. The minimum atomic E-state index is -0.598. The lowest BCUT2D eigenvalue weighted by atomic mass is 10.1. The SMILES string of the molecule is CCSC(C#N)(CC/C=C(\C=O)CC(C#N)(SCC)SCC)SCC. The number of thioether (sulfide) groups is 4. The predicted octanol–water partition coefficient (Wildman–Crippen LogP) is 5.73. The van der Waals surface area contributed by atoms with Crippen molar-refractivity contribution in [2.75, 3.05) is 23.0 Å². The molecule has 0 rings (SSSR count). The first-order chi connectivity index (χ1) is 12.0. The third-order valence-electron chi connectivity index (χ3n) is 3.32. The highest BCUT2D eigenvalue weighted by Crippen LogP contribution is 2.43. The van der Waals surface area contributed by atoms with Gasteiger partial charge in [0, 0.05) is 6.42 Å². The number of carbonyl (C=O) groups excluding carboxylic acids is 1. The van der Waals surface area contributed by atoms with Crippen molar-refractivity contribution in [2.24, 2.45) is 0 Å². The van der Waals surface area contributed by atoms with E-state index < -0.39 is 8.16 Å². The third kappa shape index (κ3) is 8.82. The van der Waals surface area contributed by atoms with E-state index >= 15 is 0 Å². The molecule has 0 radical (unpaired) electrons. The molecule has 0 aromatic rings. The number of carbonyl (C=O) groups is 1. The van der Waals surface area contributed by atoms with Gasteiger partial charge in [-0.25, -0.2) is 0 Å². The second-order valence-corrected chi connectivity index (χ2v) is 11.8. The van der Waals surface area contributed by atoms with Crippen LogP contribution < -0.4 is 0 Å². The molecule has 0 aliphatic heterocycles. The summed E-state index contributed by atoms with van der Waals surface area (Å²) in [5, 5.41) is 19.2. The molecule has 0 aliphatic carbocycles. The minimum Gasteiger partial charge on any atom is -0.298 e. The van der Waals surface area contributed by atoms with E-state index in [1.54, 1.807) is 47.0 Å². The summed E-state index contributed by atoms with van der Waals surface area (Å²) in [6.07, 6.45) is 4.62. The number of hydrogen-bond donors (Lipinski definition) is 0. The van der Waals surface area contributed by atoms with Crippen molar-refractivity contribution in [1.29, 1.82) is 10.5 Å². The Morgan fingerprint density at radius 3 is 1.68 bits per heavy atom. The Hall–Kier alpha value is -0.210. The zero-order chi connectivity index (χ0) is 19.2. The molecule has 0 unspecified atom stereocenters. The van der Waals surface area contributed by atoms with E-state index in [2.05, 4.69) is 26.0 Å². The minimum absolute atomic E-state index is 0.448. The molecule has 0 aromatic heterocycles. The van der Waals surface area contributed by atoms with Gasteiger partial charge in [0.15, 0.2) is 4.08 Å². The molecular formula is C18H28N2OS4. The lowest BCUT2D eigenvalue weighted by Gasteiger charge is -2.25. The molecule has 0 amide bonds. The second kappa shape index (κ2) is 13.9. The Morgan fingerprint density at radius 1 is 0.880 bits per heavy atom. The van der Waals surface area contributed by atoms with Crippen LogP contribution in [0.1, 0.15) is 47.0 Å². The molecule has 0 bridgehead atoms. The molecule has 7 heteroatoms. The van der Waals surface area contributed by atoms with Gasteiger partial charge in [-0.15, -0.1) is 47.0 Å². The van der Waals surface area contributed by atoms with E-state index in [1.807, 2.05) is 19.9 Å². The number of nitrogens with zero attached hydrogens (tertiary/aromatic N) is 2. The zero-order valence-electron chi connectivity index (χ0n) is 15.5. The summed E-state index contributed by atoms with van der Waals surface area (Å²) in [5.74, 6) is 3.46. The Balaban J connectivity index is 5.13. The van der Waals surface area contributed by atoms with Crippen molar-refractivity contribution in [3.8, 4) is 12.1 Å². The molecule has 0 spiro atoms. The Morgan fingerprint density at radius 2 is 1.32 bits per heavy atom. The van der Waals surface area contributed by atoms with E-state index in [0.29, 0.717) is 24.8 Å². The van der Waals surface area contributed by atoms with Gasteiger partial charge in [0.25, 0.3) is 0 Å². The van der Waals surface area contributed by atoms with Crippen LogP contribution in [0, 0.1) is 22.7 Å². The molecule has 0 saturated heterocycles. The number of allylic oxidation sites excluding steroid dienone is 2. The highest BCUT2D eigenvalue weighted by atomic mass is 32.2. The maximum atomic E-state index is 11.5. The van der Waals surface area contributed by atoms with Gasteiger partial charge in [0.1, 0.15) is 10.4 Å². The molecule has 0 saturated carbocycles. The van der Waals surface area contributed by atoms with Crippen molar-refractivity contribution in [1.82, 2.24) is 0 Å². The highest BCUT2D eigenvalue weighted by Gasteiger charge is 2.32. The summed E-state index contributed by atoms with van der Waals surface area (Å²) in [5.41, 5.74) is 0.665. The highest BCUT2D eigenvalue weighted by molar-refractivity contribution is 8.19. The first-order valence-corrected chi connectivity index (χ1v) is 12.5. The van der Waals surface area contributed by atoms with Gasteiger partial charge in [0.05, 0.1) is 12.1 Å². The predicted molar refractivity (Wildman–Crippen MR) is 117 cm³/mol. The van der Waals surface area contributed by atoms with Crippen molar-refractivity contribution in [3.63, 3.8) is 0 Å². The molecular weight excluding hydrogens is 388 g/mol. The van der Waals surface area contributed by atoms with Crippen LogP contribution in [0.4, 0.5) is 0 Å². The van der Waals surface area contributed by atoms with Gasteiger partial charge in [-0.1, -0.05) is 33.8 Å². The van der Waals surface area contributed by atoms with Crippen LogP contribution in [0.5, 0.6) is 0 Å². The Kier molecular flexibility index (Phi) is 13.8. The van der Waals surface area contributed by atoms with E-state index in [9.17, 15) is 15.3 Å². The van der Waals surface area contributed by atoms with Crippen LogP contribution in [-0.4, -0.2) is 37.5 Å². The summed E-state index contributed by atoms with van der Waals surface area (Å²) in [6.45, 7) is 8.18. The van der Waals surface area contributed by atoms with Crippen LogP contribution in [0.25, 0.3) is 0 Å². The monoisotopic (exact) mass is 416 g/mol. The van der Waals surface area contributed by atoms with Crippen LogP contribution in [-0.2, 0) is 4.79 Å². The van der Waals surface area contributed by atoms with E-state index in [4.69, 9.17) is 0 Å². The van der Waals surface area contributed by atoms with Crippen molar-refractivity contribution >= 4 is 53.3 Å². The second-order valence-electron chi connectivity index (χ2n) is 5.07. The van der Waals surface area contributed by atoms with Gasteiger partial charge in [-0.3, -0.25) is 4.79 Å². The summed E-state index contributed by atoms with van der Waals surface area (Å²) < 4.78 is -1.05. The largest absolute Gasteiger partial charge is 0.298 e. The average Bonchev–Trinajstić information content (AvgIpc) is 2.61. The quantitative estimate of drug-likeness (QED) is 0.203. The molecule has 0 fully saturated rings. The number of aldehydes is 1. The molecule has 0 atom stereocenters. The molecule has 3 nitrogen and oxygen atoms in total. The zero-order valence-corrected chi connectivity index (χ0v) is 18.8. The van der Waals surface area contributed by atoms with Gasteiger partial charge < -0.3 is 0 Å². The maximum absolute atomic E-state index is 11.5. The molecule has 0 aromatic carbocycles. The molecule has 0 N–H and O–H groups in total. The smallest absolute Gasteiger partial charge is 0.152 e. The molecule has 25 heavy (non-hydrogen) atoms. The van der Waals surface area contributed by atoms with Crippen LogP contribution in [0.2, 0.25) is 0 Å². The van der Waals surface area contributed by atoms with Crippen LogP contribution in [0.15, 0.2) is 11.6 Å². The molecule has 0 aliphatic rings. The van der Waals surface area contributed by atoms with Gasteiger partial charge in [0.2, 0.25) is 0 Å². The lowest BCUT2D eigenvalue weighted by Crippen LogP contribution is -2.20. The van der Waals surface area contributed by atoms with Crippen molar-refractivity contribution in [3.05, 3.63) is 11.6 Å². The van der Waals surface area contributed by atoms with Crippen molar-refractivity contribution < 1.29 is 4.79 Å². The maximum Gasteiger partial charge on any atom is 0.152 e. The molecule has 140 valence electrons. The lowest BCUT2D eigenvalue weighted by molar-refractivity contribution is -0.105. The standard InChI is InChI=1S/C18H28N2OS4/c1-5-22-17(14-19,23-6-2)11-9-10-16(13-21)12-18(15-20,24-7-3)25-8-4/h10,13H,5-9,11-12H2,1-4H3/b16-10-. The Labute approximate surface area is 170 Å². The summed E-state index contributed by atoms with van der Waals surface area (Å²) in [7, 11) is 0. The van der Waals surface area contributed by atoms with Crippen LogP contribution >= 0.6 is 47.0 Å². The van der Waals surface area contributed by atoms with E-state index in [0.717, 1.165) is 29.3 Å². The number of hydrogen-bond acceptors (Lipinski definition) is 7. The summed E-state index contributed by atoms with van der Waals surface area (Å²) >= 11 is 6.52. The van der Waals surface area contributed by atoms with E-state index in [-0.39, 0.29) is 0 Å². The number of rotatable bonds is 14. The van der Waals surface area contributed by atoms with Gasteiger partial charge in [-0.05, 0) is 41.4 Å². The normalized spacial score (nSPS) is 12.5. The topological polar surface area (TPSA) is 64.7 Å². The van der Waals surface area contributed by atoms with Crippen molar-refractivity contribution in [2.45, 2.75) is 55.1 Å². The van der Waals surface area contributed by atoms with Crippen LogP contribution in [0.3, 0.4) is 0 Å². The van der Waals surface area contributed by atoms with Gasteiger partial charge in [-0.2, -0.15) is 10.5 Å². The summed E-state index contributed by atoms with van der Waals surface area (Å²) in [6, 6.07) is 4.86. The fourth-order valence-corrected chi connectivity index (χ4v) is 7.63. The summed E-state index contributed by atoms with van der Waals surface area (Å²) in [4.78, 5) is 11.5.